The molecule has 0 bridgehead atoms. The summed E-state index contributed by atoms with van der Waals surface area (Å²) in [6.45, 7) is 0. The summed E-state index contributed by atoms with van der Waals surface area (Å²) < 4.78 is 5.85. The third kappa shape index (κ3) is 2.65. The number of nitrogens with one attached hydrogen (secondary N) is 1. The van der Waals surface area contributed by atoms with Crippen LogP contribution in [0.15, 0.2) is 18.6 Å². The van der Waals surface area contributed by atoms with Gasteiger partial charge in [0.25, 0.3) is 0 Å². The summed E-state index contributed by atoms with van der Waals surface area (Å²) in [5.74, 6) is 0.678. The number of nitrogens with zero attached hydrogens (tertiary/aromatic N) is 2. The third-order valence-corrected chi connectivity index (χ3v) is 2.90. The molecule has 1 aliphatic carbocycles. The number of rotatable bonds is 3. The van der Waals surface area contributed by atoms with E-state index in [-0.39, 0.29) is 6.10 Å². The molecule has 0 aromatic carbocycles. The van der Waals surface area contributed by atoms with E-state index >= 15 is 0 Å². The maximum atomic E-state index is 5.85. The van der Waals surface area contributed by atoms with Crippen LogP contribution < -0.4 is 10.1 Å². The first kappa shape index (κ1) is 10.4. The quantitative estimate of drug-likeness (QED) is 0.813. The van der Waals surface area contributed by atoms with Crippen molar-refractivity contribution in [2.75, 3.05) is 7.05 Å². The summed E-state index contributed by atoms with van der Waals surface area (Å²) >= 11 is 0. The van der Waals surface area contributed by atoms with Gasteiger partial charge in [-0.25, -0.2) is 9.97 Å². The predicted molar refractivity (Wildman–Crippen MR) is 57.8 cm³/mol. The number of hydrogen-bond acceptors (Lipinski definition) is 4. The Kier molecular flexibility index (Phi) is 3.50. The average Bonchev–Trinajstić information content (AvgIpc) is 2.31. The first-order chi connectivity index (χ1) is 7.40. The second-order valence-electron chi connectivity index (χ2n) is 3.88. The van der Waals surface area contributed by atoms with Gasteiger partial charge in [-0.05, 0) is 26.3 Å². The molecule has 1 N–H and O–H groups in total. The van der Waals surface area contributed by atoms with Gasteiger partial charge in [0.2, 0.25) is 5.88 Å². The topological polar surface area (TPSA) is 47.0 Å². The molecule has 2 unspecified atom stereocenters. The summed E-state index contributed by atoms with van der Waals surface area (Å²) in [6.07, 6.45) is 8.30. The highest BCUT2D eigenvalue weighted by atomic mass is 16.5. The maximum absolute atomic E-state index is 5.85. The highest BCUT2D eigenvalue weighted by Gasteiger charge is 2.25. The molecule has 15 heavy (non-hydrogen) atoms. The van der Waals surface area contributed by atoms with Crippen LogP contribution in [-0.2, 0) is 0 Å². The van der Waals surface area contributed by atoms with Crippen molar-refractivity contribution in [1.82, 2.24) is 15.3 Å². The Labute approximate surface area is 90.1 Å². The Morgan fingerprint density at radius 2 is 2.27 bits per heavy atom. The van der Waals surface area contributed by atoms with Crippen LogP contribution in [0.3, 0.4) is 0 Å². The van der Waals surface area contributed by atoms with E-state index in [9.17, 15) is 0 Å². The minimum Gasteiger partial charge on any atom is -0.473 e. The minimum atomic E-state index is 0.249. The Morgan fingerprint density at radius 3 is 3.00 bits per heavy atom. The van der Waals surface area contributed by atoms with Gasteiger partial charge in [-0.1, -0.05) is 6.42 Å². The molecule has 1 heterocycles. The van der Waals surface area contributed by atoms with Crippen molar-refractivity contribution in [3.05, 3.63) is 18.6 Å². The molecule has 1 saturated carbocycles. The van der Waals surface area contributed by atoms with E-state index in [1.54, 1.807) is 12.3 Å². The van der Waals surface area contributed by atoms with Gasteiger partial charge in [0, 0.05) is 18.3 Å². The molecule has 0 amide bonds. The third-order valence-electron chi connectivity index (χ3n) is 2.90. The molecule has 0 radical (unpaired) electrons. The molecular formula is C11H17N3O. The van der Waals surface area contributed by atoms with Crippen molar-refractivity contribution in [3.63, 3.8) is 0 Å². The molecule has 82 valence electrons. The monoisotopic (exact) mass is 207 g/mol. The van der Waals surface area contributed by atoms with Crippen LogP contribution in [-0.4, -0.2) is 29.2 Å². The highest BCUT2D eigenvalue weighted by Crippen LogP contribution is 2.22. The first-order valence-electron chi connectivity index (χ1n) is 5.50. The highest BCUT2D eigenvalue weighted by molar-refractivity contribution is 5.06. The predicted octanol–water partition coefficient (Wildman–Crippen LogP) is 1.39. The molecule has 0 saturated heterocycles. The lowest BCUT2D eigenvalue weighted by atomic mass is 9.92. The lowest BCUT2D eigenvalue weighted by Crippen LogP contribution is -2.43. The SMILES string of the molecule is CNC1CCCCC1Oc1ccncn1. The van der Waals surface area contributed by atoms with Gasteiger partial charge in [0.15, 0.2) is 0 Å². The van der Waals surface area contributed by atoms with E-state index in [4.69, 9.17) is 4.74 Å². The van der Waals surface area contributed by atoms with E-state index in [1.165, 1.54) is 25.6 Å². The maximum Gasteiger partial charge on any atom is 0.216 e. The van der Waals surface area contributed by atoms with E-state index < -0.39 is 0 Å². The van der Waals surface area contributed by atoms with Crippen LogP contribution in [0, 0.1) is 0 Å². The van der Waals surface area contributed by atoms with Crippen molar-refractivity contribution in [3.8, 4) is 5.88 Å². The van der Waals surface area contributed by atoms with Crippen LogP contribution in [0.2, 0.25) is 0 Å². The fourth-order valence-corrected chi connectivity index (χ4v) is 2.07. The van der Waals surface area contributed by atoms with Crippen molar-refractivity contribution in [2.45, 2.75) is 37.8 Å². The Bertz CT molecular complexity index is 291. The summed E-state index contributed by atoms with van der Waals surface area (Å²) in [5.41, 5.74) is 0. The van der Waals surface area contributed by atoms with Gasteiger partial charge in [-0.2, -0.15) is 0 Å². The summed E-state index contributed by atoms with van der Waals surface area (Å²) in [7, 11) is 1.99. The van der Waals surface area contributed by atoms with Gasteiger partial charge >= 0.3 is 0 Å². The minimum absolute atomic E-state index is 0.249. The zero-order valence-electron chi connectivity index (χ0n) is 9.02. The van der Waals surface area contributed by atoms with Gasteiger partial charge in [0.1, 0.15) is 12.4 Å². The Balaban J connectivity index is 1.97. The van der Waals surface area contributed by atoms with E-state index in [2.05, 4.69) is 15.3 Å². The van der Waals surface area contributed by atoms with Crippen LogP contribution >= 0.6 is 0 Å². The zero-order chi connectivity index (χ0) is 10.5. The van der Waals surface area contributed by atoms with Crippen LogP contribution in [0.5, 0.6) is 5.88 Å². The summed E-state index contributed by atoms with van der Waals surface area (Å²) in [6, 6.07) is 2.26. The van der Waals surface area contributed by atoms with E-state index in [0.29, 0.717) is 11.9 Å². The van der Waals surface area contributed by atoms with Crippen molar-refractivity contribution in [1.29, 1.82) is 0 Å². The largest absolute Gasteiger partial charge is 0.473 e. The molecule has 2 rings (SSSR count). The normalized spacial score (nSPS) is 26.2. The van der Waals surface area contributed by atoms with Crippen LogP contribution in [0.1, 0.15) is 25.7 Å². The van der Waals surface area contributed by atoms with Gasteiger partial charge in [-0.15, -0.1) is 0 Å². The molecular weight excluding hydrogens is 190 g/mol. The summed E-state index contributed by atoms with van der Waals surface area (Å²) in [4.78, 5) is 7.95. The van der Waals surface area contributed by atoms with Crippen LogP contribution in [0.25, 0.3) is 0 Å². The Hall–Kier alpha value is -1.16. The second-order valence-corrected chi connectivity index (χ2v) is 3.88. The lowest BCUT2D eigenvalue weighted by Gasteiger charge is -2.31. The molecule has 4 nitrogen and oxygen atoms in total. The molecule has 1 aliphatic rings. The first-order valence-corrected chi connectivity index (χ1v) is 5.50. The lowest BCUT2D eigenvalue weighted by molar-refractivity contribution is 0.112. The molecule has 0 aliphatic heterocycles. The second kappa shape index (κ2) is 5.07. The standard InChI is InChI=1S/C11H17N3O/c1-12-9-4-2-3-5-10(9)15-11-6-7-13-8-14-11/h6-10,12H,2-5H2,1H3. The molecule has 1 fully saturated rings. The number of aromatic nitrogens is 2. The Morgan fingerprint density at radius 1 is 1.40 bits per heavy atom. The van der Waals surface area contributed by atoms with E-state index in [1.807, 2.05) is 7.05 Å². The van der Waals surface area contributed by atoms with Gasteiger partial charge < -0.3 is 10.1 Å². The van der Waals surface area contributed by atoms with Gasteiger partial charge in [-0.3, -0.25) is 0 Å². The number of ether oxygens (including phenoxy) is 1. The fourth-order valence-electron chi connectivity index (χ4n) is 2.07. The van der Waals surface area contributed by atoms with E-state index in [0.717, 1.165) is 6.42 Å². The average molecular weight is 207 g/mol. The molecule has 1 aromatic rings. The number of likely N-dealkylation sites (N-methyl/N-ethyl adjacent to an activating group) is 1. The van der Waals surface area contributed by atoms with Gasteiger partial charge in [0.05, 0.1) is 0 Å². The smallest absolute Gasteiger partial charge is 0.216 e. The summed E-state index contributed by atoms with van der Waals surface area (Å²) in [5, 5.41) is 3.31. The zero-order valence-corrected chi connectivity index (χ0v) is 9.02. The number of hydrogen-bond donors (Lipinski definition) is 1. The van der Waals surface area contributed by atoms with Crippen molar-refractivity contribution < 1.29 is 4.74 Å². The van der Waals surface area contributed by atoms with Crippen molar-refractivity contribution >= 4 is 0 Å². The molecule has 4 heteroatoms. The van der Waals surface area contributed by atoms with Crippen molar-refractivity contribution in [2.24, 2.45) is 0 Å². The fraction of sp³-hybridized carbons (Fsp3) is 0.636. The molecule has 2 atom stereocenters. The molecule has 0 spiro atoms. The van der Waals surface area contributed by atoms with Crippen LogP contribution in [0.4, 0.5) is 0 Å². The molecule has 1 aromatic heterocycles.